The predicted molar refractivity (Wildman–Crippen MR) is 146 cm³/mol. The van der Waals surface area contributed by atoms with Gasteiger partial charge < -0.3 is 19.9 Å². The van der Waals surface area contributed by atoms with Crippen molar-refractivity contribution >= 4 is 17.6 Å². The summed E-state index contributed by atoms with van der Waals surface area (Å²) in [6.45, 7) is 6.92. The average molecular weight is 528 g/mol. The van der Waals surface area contributed by atoms with E-state index >= 15 is 0 Å². The minimum atomic E-state index is -0.676. The number of β-amino-alcohol motifs (C(OH)–C–C–N with tert-alkyl or cyclic N) is 1. The summed E-state index contributed by atoms with van der Waals surface area (Å²) in [7, 11) is 1.38. The zero-order valence-corrected chi connectivity index (χ0v) is 22.6. The number of aliphatic hydroxyl groups is 1. The van der Waals surface area contributed by atoms with E-state index in [-0.39, 0.29) is 23.1 Å². The molecule has 0 saturated carbocycles. The number of hydrogen-bond acceptors (Lipinski definition) is 5. The van der Waals surface area contributed by atoms with Gasteiger partial charge in [0.15, 0.2) is 0 Å². The Hall–Kier alpha value is -2.77. The van der Waals surface area contributed by atoms with E-state index in [9.17, 15) is 14.3 Å². The largest absolute Gasteiger partial charge is 0.465 e. The van der Waals surface area contributed by atoms with E-state index in [1.807, 2.05) is 45.0 Å². The molecule has 1 atom stereocenters. The van der Waals surface area contributed by atoms with Crippen molar-refractivity contribution in [3.05, 3.63) is 93.8 Å². The Labute approximate surface area is 223 Å². The zero-order valence-electron chi connectivity index (χ0n) is 21.8. The van der Waals surface area contributed by atoms with E-state index in [2.05, 4.69) is 17.4 Å². The van der Waals surface area contributed by atoms with Crippen LogP contribution < -0.4 is 5.32 Å². The van der Waals surface area contributed by atoms with Gasteiger partial charge in [-0.2, -0.15) is 0 Å². The number of carbonyl (C=O) groups is 1. The lowest BCUT2D eigenvalue weighted by Gasteiger charge is -2.28. The summed E-state index contributed by atoms with van der Waals surface area (Å²) in [4.78, 5) is 11.9. The van der Waals surface area contributed by atoms with Gasteiger partial charge in [0, 0.05) is 12.1 Å². The van der Waals surface area contributed by atoms with Crippen molar-refractivity contribution in [3.63, 3.8) is 0 Å². The topological polar surface area (TPSA) is 67.8 Å². The predicted octanol–water partition coefficient (Wildman–Crippen LogP) is 5.77. The summed E-state index contributed by atoms with van der Waals surface area (Å²) in [5.74, 6) is -0.778. The molecule has 3 aromatic rings. The Balaban J connectivity index is 1.49. The normalized spacial score (nSPS) is 12.4. The van der Waals surface area contributed by atoms with E-state index in [0.29, 0.717) is 31.6 Å². The van der Waals surface area contributed by atoms with E-state index in [1.54, 1.807) is 18.2 Å². The highest BCUT2D eigenvalue weighted by molar-refractivity contribution is 6.30. The first-order valence-electron chi connectivity index (χ1n) is 12.3. The molecule has 0 aliphatic carbocycles. The summed E-state index contributed by atoms with van der Waals surface area (Å²) in [5.41, 5.74) is 5.12. The van der Waals surface area contributed by atoms with Crippen molar-refractivity contribution in [1.82, 2.24) is 5.32 Å². The third-order valence-corrected chi connectivity index (χ3v) is 6.54. The maximum absolute atomic E-state index is 13.7. The first-order chi connectivity index (χ1) is 17.6. The molecule has 0 spiro atoms. The number of rotatable bonds is 12. The highest BCUT2D eigenvalue weighted by atomic mass is 35.5. The van der Waals surface area contributed by atoms with Crippen LogP contribution in [0.15, 0.2) is 60.7 Å². The Morgan fingerprint density at radius 1 is 1.14 bits per heavy atom. The van der Waals surface area contributed by atoms with Crippen molar-refractivity contribution < 1.29 is 23.8 Å². The number of ether oxygens (including phenoxy) is 2. The lowest BCUT2D eigenvalue weighted by Crippen LogP contribution is -2.46. The van der Waals surface area contributed by atoms with Crippen LogP contribution in [0.3, 0.4) is 0 Å². The minimum absolute atomic E-state index is 0.108. The molecule has 0 aliphatic rings. The number of aryl methyl sites for hydroxylation is 1. The first-order valence-corrected chi connectivity index (χ1v) is 12.7. The number of nitrogens with one attached hydrogen (secondary N) is 1. The lowest BCUT2D eigenvalue weighted by molar-refractivity contribution is 0.0349. The van der Waals surface area contributed by atoms with Crippen LogP contribution in [0.2, 0.25) is 5.02 Å². The molecule has 0 unspecified atom stereocenters. The van der Waals surface area contributed by atoms with Crippen LogP contribution in [0.1, 0.15) is 40.9 Å². The molecular formula is C30H35ClFNO4. The highest BCUT2D eigenvalue weighted by Gasteiger charge is 2.20. The summed E-state index contributed by atoms with van der Waals surface area (Å²) in [6, 6.07) is 18.6. The number of methoxy groups -OCH3 is 1. The van der Waals surface area contributed by atoms with Gasteiger partial charge in [0.1, 0.15) is 5.82 Å². The summed E-state index contributed by atoms with van der Waals surface area (Å²) < 4.78 is 24.4. The fraction of sp³-hybridized carbons (Fsp3) is 0.367. The Morgan fingerprint density at radius 3 is 2.59 bits per heavy atom. The van der Waals surface area contributed by atoms with Crippen LogP contribution in [-0.2, 0) is 22.3 Å². The maximum Gasteiger partial charge on any atom is 0.338 e. The fourth-order valence-corrected chi connectivity index (χ4v) is 4.38. The van der Waals surface area contributed by atoms with Gasteiger partial charge in [0.25, 0.3) is 0 Å². The highest BCUT2D eigenvalue weighted by Crippen LogP contribution is 2.27. The van der Waals surface area contributed by atoms with Crippen LogP contribution in [0.25, 0.3) is 11.1 Å². The monoisotopic (exact) mass is 527 g/mol. The Morgan fingerprint density at radius 2 is 1.89 bits per heavy atom. The Kier molecular flexibility index (Phi) is 10.2. The van der Waals surface area contributed by atoms with Crippen LogP contribution in [0.5, 0.6) is 0 Å². The van der Waals surface area contributed by atoms with Gasteiger partial charge in [-0.3, -0.25) is 0 Å². The molecule has 37 heavy (non-hydrogen) atoms. The SMILES string of the molecule is COC(=O)c1ccc(-c2ccccc2CCOC[C@H](O)CNC(C)(C)Cc2ccc(Cl)c(F)c2)cc1C. The van der Waals surface area contributed by atoms with Gasteiger partial charge in [-0.15, -0.1) is 0 Å². The second-order valence-electron chi connectivity index (χ2n) is 9.85. The molecule has 0 aromatic heterocycles. The summed E-state index contributed by atoms with van der Waals surface area (Å²) in [5, 5.41) is 13.8. The van der Waals surface area contributed by atoms with Gasteiger partial charge in [-0.1, -0.05) is 54.1 Å². The molecule has 0 fully saturated rings. The molecule has 2 N–H and O–H groups in total. The van der Waals surface area contributed by atoms with Crippen molar-refractivity contribution in [2.24, 2.45) is 0 Å². The molecule has 3 aromatic carbocycles. The smallest absolute Gasteiger partial charge is 0.338 e. The molecule has 7 heteroatoms. The maximum atomic E-state index is 13.7. The Bertz CT molecular complexity index is 1210. The molecule has 5 nitrogen and oxygen atoms in total. The third-order valence-electron chi connectivity index (χ3n) is 6.23. The van der Waals surface area contributed by atoms with Crippen LogP contribution in [0.4, 0.5) is 4.39 Å². The molecule has 198 valence electrons. The van der Waals surface area contributed by atoms with Crippen LogP contribution in [0, 0.1) is 12.7 Å². The number of esters is 1. The van der Waals surface area contributed by atoms with Gasteiger partial charge in [-0.25, -0.2) is 9.18 Å². The molecule has 0 heterocycles. The van der Waals surface area contributed by atoms with Crippen LogP contribution >= 0.6 is 11.6 Å². The molecule has 3 rings (SSSR count). The standard InChI is InChI=1S/C30H35ClFNO4/c1-20-15-23(10-11-25(20)29(35)36-4)26-8-6-5-7-22(26)13-14-37-19-24(34)18-33-30(2,3)17-21-9-12-27(31)28(32)16-21/h5-12,15-16,24,33-34H,13-14,17-19H2,1-4H3/t24-/m1/s1. The zero-order chi connectivity index (χ0) is 27.0. The quantitative estimate of drug-likeness (QED) is 0.231. The number of carbonyl (C=O) groups excluding carboxylic acids is 1. The van der Waals surface area contributed by atoms with Gasteiger partial charge in [0.2, 0.25) is 0 Å². The molecule has 0 radical (unpaired) electrons. The molecule has 0 bridgehead atoms. The number of hydrogen-bond donors (Lipinski definition) is 2. The number of aliphatic hydroxyl groups excluding tert-OH is 1. The third kappa shape index (κ3) is 8.37. The van der Waals surface area contributed by atoms with Crippen molar-refractivity contribution in [2.45, 2.75) is 45.3 Å². The number of benzene rings is 3. The molecule has 0 saturated heterocycles. The van der Waals surface area contributed by atoms with Gasteiger partial charge >= 0.3 is 5.97 Å². The van der Waals surface area contributed by atoms with Gasteiger partial charge in [-0.05, 0) is 79.6 Å². The van der Waals surface area contributed by atoms with E-state index in [0.717, 1.165) is 27.8 Å². The van der Waals surface area contributed by atoms with E-state index < -0.39 is 11.9 Å². The second kappa shape index (κ2) is 13.2. The molecule has 0 amide bonds. The van der Waals surface area contributed by atoms with Crippen molar-refractivity contribution in [3.8, 4) is 11.1 Å². The van der Waals surface area contributed by atoms with E-state index in [1.165, 1.54) is 13.2 Å². The van der Waals surface area contributed by atoms with E-state index in [4.69, 9.17) is 21.1 Å². The average Bonchev–Trinajstić information content (AvgIpc) is 2.87. The van der Waals surface area contributed by atoms with Crippen molar-refractivity contribution in [1.29, 1.82) is 0 Å². The molecular weight excluding hydrogens is 493 g/mol. The second-order valence-corrected chi connectivity index (χ2v) is 10.3. The number of halogens is 2. The van der Waals surface area contributed by atoms with Crippen molar-refractivity contribution in [2.75, 3.05) is 26.9 Å². The van der Waals surface area contributed by atoms with Gasteiger partial charge in [0.05, 0.1) is 37.0 Å². The first kappa shape index (κ1) is 28.8. The lowest BCUT2D eigenvalue weighted by atomic mass is 9.94. The summed E-state index contributed by atoms with van der Waals surface area (Å²) in [6.07, 6.45) is 0.595. The fourth-order valence-electron chi connectivity index (χ4n) is 4.27. The summed E-state index contributed by atoms with van der Waals surface area (Å²) >= 11 is 5.77. The minimum Gasteiger partial charge on any atom is -0.465 e. The van der Waals surface area contributed by atoms with Crippen LogP contribution in [-0.4, -0.2) is 49.6 Å². The molecule has 0 aliphatic heterocycles.